The SMILES string of the molecule is CC1CN(S(=O)(=O)c2cc(Cl)ccc2C#N)C(C)CN1. The maximum Gasteiger partial charge on any atom is 0.244 e. The number of sulfonamides is 1. The minimum absolute atomic E-state index is 0.0200. The number of nitrogens with one attached hydrogen (secondary N) is 1. The molecule has 0 bridgehead atoms. The third-order valence-corrected chi connectivity index (χ3v) is 5.61. The molecule has 1 fully saturated rings. The molecule has 1 aromatic carbocycles. The summed E-state index contributed by atoms with van der Waals surface area (Å²) in [6.45, 7) is 4.73. The molecule has 0 spiro atoms. The molecular weight excluding hydrogens is 298 g/mol. The number of benzene rings is 1. The normalized spacial score (nSPS) is 24.3. The Labute approximate surface area is 124 Å². The van der Waals surface area contributed by atoms with E-state index in [-0.39, 0.29) is 22.5 Å². The lowest BCUT2D eigenvalue weighted by molar-refractivity contribution is 0.244. The van der Waals surface area contributed by atoms with Crippen molar-refractivity contribution in [3.63, 3.8) is 0 Å². The Morgan fingerprint density at radius 2 is 2.15 bits per heavy atom. The summed E-state index contributed by atoms with van der Waals surface area (Å²) in [6, 6.07) is 6.12. The lowest BCUT2D eigenvalue weighted by Gasteiger charge is -2.36. The van der Waals surface area contributed by atoms with Crippen molar-refractivity contribution in [2.45, 2.75) is 30.8 Å². The van der Waals surface area contributed by atoms with E-state index in [1.54, 1.807) is 0 Å². The molecule has 0 radical (unpaired) electrons. The van der Waals surface area contributed by atoms with Gasteiger partial charge in [0.1, 0.15) is 11.0 Å². The molecule has 2 unspecified atom stereocenters. The molecule has 20 heavy (non-hydrogen) atoms. The van der Waals surface area contributed by atoms with Gasteiger partial charge in [0.05, 0.1) is 5.56 Å². The summed E-state index contributed by atoms with van der Waals surface area (Å²) in [5.41, 5.74) is 0.118. The first kappa shape index (κ1) is 15.3. The van der Waals surface area contributed by atoms with Crippen molar-refractivity contribution in [3.8, 4) is 6.07 Å². The Hall–Kier alpha value is -1.13. The van der Waals surface area contributed by atoms with E-state index in [9.17, 15) is 8.42 Å². The number of nitriles is 1. The van der Waals surface area contributed by atoms with E-state index >= 15 is 0 Å². The highest BCUT2D eigenvalue weighted by atomic mass is 35.5. The minimum atomic E-state index is -3.72. The smallest absolute Gasteiger partial charge is 0.244 e. The summed E-state index contributed by atoms with van der Waals surface area (Å²) >= 11 is 5.88. The predicted molar refractivity (Wildman–Crippen MR) is 77.0 cm³/mol. The molecule has 1 saturated heterocycles. The van der Waals surface area contributed by atoms with Crippen LogP contribution in [0.5, 0.6) is 0 Å². The van der Waals surface area contributed by atoms with Crippen LogP contribution in [-0.4, -0.2) is 37.9 Å². The van der Waals surface area contributed by atoms with Crippen LogP contribution in [0.1, 0.15) is 19.4 Å². The molecule has 0 aromatic heterocycles. The highest BCUT2D eigenvalue weighted by Crippen LogP contribution is 2.26. The van der Waals surface area contributed by atoms with Crippen LogP contribution in [0.3, 0.4) is 0 Å². The molecule has 1 aliphatic rings. The molecule has 2 rings (SSSR count). The second-order valence-corrected chi connectivity index (χ2v) is 7.28. The van der Waals surface area contributed by atoms with Crippen molar-refractivity contribution in [1.29, 1.82) is 5.26 Å². The van der Waals surface area contributed by atoms with Crippen LogP contribution in [0.15, 0.2) is 23.1 Å². The molecule has 0 amide bonds. The van der Waals surface area contributed by atoms with E-state index in [1.807, 2.05) is 19.9 Å². The van der Waals surface area contributed by atoms with Crippen LogP contribution >= 0.6 is 11.6 Å². The number of hydrogen-bond acceptors (Lipinski definition) is 4. The average molecular weight is 314 g/mol. The maximum atomic E-state index is 12.8. The van der Waals surface area contributed by atoms with Gasteiger partial charge in [-0.15, -0.1) is 0 Å². The van der Waals surface area contributed by atoms with Gasteiger partial charge in [-0.3, -0.25) is 0 Å². The van der Waals surface area contributed by atoms with Gasteiger partial charge in [0, 0.05) is 30.2 Å². The molecule has 1 aromatic rings. The molecule has 5 nitrogen and oxygen atoms in total. The fraction of sp³-hybridized carbons (Fsp3) is 0.462. The van der Waals surface area contributed by atoms with Crippen molar-refractivity contribution in [2.75, 3.05) is 13.1 Å². The Balaban J connectivity index is 2.50. The van der Waals surface area contributed by atoms with E-state index in [4.69, 9.17) is 16.9 Å². The summed E-state index contributed by atoms with van der Waals surface area (Å²) < 4.78 is 27.0. The Morgan fingerprint density at radius 3 is 2.80 bits per heavy atom. The van der Waals surface area contributed by atoms with E-state index < -0.39 is 10.0 Å². The Bertz CT molecular complexity index is 654. The summed E-state index contributed by atoms with van der Waals surface area (Å²) in [4.78, 5) is -0.0200. The zero-order valence-electron chi connectivity index (χ0n) is 11.3. The fourth-order valence-corrected chi connectivity index (χ4v) is 4.38. The second kappa shape index (κ2) is 5.70. The molecule has 0 aliphatic carbocycles. The van der Waals surface area contributed by atoms with Gasteiger partial charge in [0.25, 0.3) is 0 Å². The summed E-state index contributed by atoms with van der Waals surface area (Å²) in [5, 5.41) is 12.6. The number of hydrogen-bond donors (Lipinski definition) is 1. The van der Waals surface area contributed by atoms with Crippen molar-refractivity contribution in [1.82, 2.24) is 9.62 Å². The quantitative estimate of drug-likeness (QED) is 0.899. The standard InChI is InChI=1S/C13H16ClN3O2S/c1-9-8-17(10(2)7-16-9)20(18,19)13-5-12(14)4-3-11(13)6-15/h3-5,9-10,16H,7-8H2,1-2H3. The molecule has 1 aliphatic heterocycles. The zero-order valence-corrected chi connectivity index (χ0v) is 12.9. The van der Waals surface area contributed by atoms with Gasteiger partial charge in [-0.25, -0.2) is 8.42 Å². The van der Waals surface area contributed by atoms with Gasteiger partial charge in [-0.1, -0.05) is 11.6 Å². The molecular formula is C13H16ClN3O2S. The van der Waals surface area contributed by atoms with Crippen molar-refractivity contribution in [3.05, 3.63) is 28.8 Å². The van der Waals surface area contributed by atoms with Crippen LogP contribution in [0.25, 0.3) is 0 Å². The fourth-order valence-electron chi connectivity index (χ4n) is 2.25. The van der Waals surface area contributed by atoms with Crippen molar-refractivity contribution < 1.29 is 8.42 Å². The Morgan fingerprint density at radius 1 is 1.45 bits per heavy atom. The molecule has 1 heterocycles. The number of rotatable bonds is 2. The van der Waals surface area contributed by atoms with Crippen molar-refractivity contribution >= 4 is 21.6 Å². The molecule has 7 heteroatoms. The largest absolute Gasteiger partial charge is 0.311 e. The number of nitrogens with zero attached hydrogens (tertiary/aromatic N) is 2. The van der Waals surface area contributed by atoms with Gasteiger partial charge < -0.3 is 5.32 Å². The van der Waals surface area contributed by atoms with Crippen LogP contribution in [0.4, 0.5) is 0 Å². The third-order valence-electron chi connectivity index (χ3n) is 3.36. The Kier molecular flexibility index (Phi) is 4.35. The number of piperazine rings is 1. The van der Waals surface area contributed by atoms with Gasteiger partial charge >= 0.3 is 0 Å². The van der Waals surface area contributed by atoms with Crippen LogP contribution in [0.2, 0.25) is 5.02 Å². The van der Waals surface area contributed by atoms with Crippen LogP contribution in [0, 0.1) is 11.3 Å². The topological polar surface area (TPSA) is 73.2 Å². The predicted octanol–water partition coefficient (Wildman–Crippen LogP) is 1.58. The summed E-state index contributed by atoms with van der Waals surface area (Å²) in [5.74, 6) is 0. The van der Waals surface area contributed by atoms with Gasteiger partial charge in [0.2, 0.25) is 10.0 Å². The molecule has 2 atom stereocenters. The lowest BCUT2D eigenvalue weighted by Crippen LogP contribution is -2.56. The first-order chi connectivity index (χ1) is 9.36. The highest BCUT2D eigenvalue weighted by molar-refractivity contribution is 7.89. The van der Waals surface area contributed by atoms with Crippen molar-refractivity contribution in [2.24, 2.45) is 0 Å². The van der Waals surface area contributed by atoms with Crippen LogP contribution < -0.4 is 5.32 Å². The maximum absolute atomic E-state index is 12.8. The van der Waals surface area contributed by atoms with Crippen LogP contribution in [-0.2, 0) is 10.0 Å². The van der Waals surface area contributed by atoms with Gasteiger partial charge in [-0.2, -0.15) is 9.57 Å². The summed E-state index contributed by atoms with van der Waals surface area (Å²) in [6.07, 6.45) is 0. The number of halogens is 1. The molecule has 1 N–H and O–H groups in total. The second-order valence-electron chi connectivity index (χ2n) is 4.99. The van der Waals surface area contributed by atoms with E-state index in [2.05, 4.69) is 5.32 Å². The van der Waals surface area contributed by atoms with Gasteiger partial charge in [-0.05, 0) is 32.0 Å². The minimum Gasteiger partial charge on any atom is -0.311 e. The van der Waals surface area contributed by atoms with E-state index in [1.165, 1.54) is 22.5 Å². The summed E-state index contributed by atoms with van der Waals surface area (Å²) in [7, 11) is -3.72. The zero-order chi connectivity index (χ0) is 14.9. The average Bonchev–Trinajstić information content (AvgIpc) is 2.41. The van der Waals surface area contributed by atoms with E-state index in [0.717, 1.165) is 0 Å². The molecule has 108 valence electrons. The highest BCUT2D eigenvalue weighted by Gasteiger charge is 2.34. The van der Waals surface area contributed by atoms with E-state index in [0.29, 0.717) is 18.1 Å². The third kappa shape index (κ3) is 2.81. The lowest BCUT2D eigenvalue weighted by atomic mass is 10.2. The monoisotopic (exact) mass is 313 g/mol. The first-order valence-electron chi connectivity index (χ1n) is 6.31. The van der Waals surface area contributed by atoms with Gasteiger partial charge in [0.15, 0.2) is 0 Å². The first-order valence-corrected chi connectivity index (χ1v) is 8.13. The molecule has 0 saturated carbocycles.